The van der Waals surface area contributed by atoms with Crippen molar-refractivity contribution in [1.82, 2.24) is 0 Å². The van der Waals surface area contributed by atoms with Crippen LogP contribution in [0.1, 0.15) is 38.0 Å². The minimum absolute atomic E-state index is 0.176. The summed E-state index contributed by atoms with van der Waals surface area (Å²) >= 11 is 5.57. The van der Waals surface area contributed by atoms with E-state index in [1.165, 1.54) is 0 Å². The van der Waals surface area contributed by atoms with E-state index < -0.39 is 34.4 Å². The van der Waals surface area contributed by atoms with Crippen molar-refractivity contribution in [1.29, 1.82) is 0 Å². The minimum atomic E-state index is -0.758. The van der Waals surface area contributed by atoms with Gasteiger partial charge in [-0.3, -0.25) is 14.4 Å². The van der Waals surface area contributed by atoms with Gasteiger partial charge < -0.3 is 10.2 Å². The molecule has 0 aliphatic heterocycles. The largest absolute Gasteiger partial charge is 0.507 e. The molecule has 0 radical (unpaired) electrons. The Morgan fingerprint density at radius 3 is 2.44 bits per heavy atom. The van der Waals surface area contributed by atoms with E-state index in [2.05, 4.69) is 0 Å². The van der Waals surface area contributed by atoms with E-state index in [1.54, 1.807) is 0 Å². The number of benzene rings is 1. The average molecular weight is 267 g/mol. The maximum atomic E-state index is 11.8. The molecule has 0 atom stereocenters. The number of hydrogen-bond acceptors (Lipinski definition) is 5. The summed E-state index contributed by atoms with van der Waals surface area (Å²) in [7, 11) is 0. The lowest BCUT2D eigenvalue weighted by molar-refractivity contribution is 0.0983. The zero-order chi connectivity index (χ0) is 13.6. The number of hydrogen-bond donors (Lipinski definition) is 2. The number of ketones is 3. The highest BCUT2D eigenvalue weighted by atomic mass is 35.5. The fourth-order valence-electron chi connectivity index (χ4n) is 1.80. The predicted molar refractivity (Wildman–Crippen MR) is 62.4 cm³/mol. The van der Waals surface area contributed by atoms with Crippen molar-refractivity contribution >= 4 is 29.0 Å². The molecule has 5 nitrogen and oxygen atoms in total. The Labute approximate surface area is 106 Å². The number of phenols is 2. The van der Waals surface area contributed by atoms with E-state index in [0.717, 1.165) is 19.1 Å². The molecule has 0 spiro atoms. The van der Waals surface area contributed by atoms with Gasteiger partial charge in [0.2, 0.25) is 5.78 Å². The lowest BCUT2D eigenvalue weighted by Crippen LogP contribution is -2.16. The van der Waals surface area contributed by atoms with E-state index in [9.17, 15) is 24.6 Å². The molecule has 0 amide bonds. The Balaban J connectivity index is 2.86. The van der Waals surface area contributed by atoms with Crippen molar-refractivity contribution in [3.05, 3.63) is 33.9 Å². The van der Waals surface area contributed by atoms with E-state index in [-0.39, 0.29) is 16.2 Å². The second kappa shape index (κ2) is 3.96. The molecule has 0 heterocycles. The van der Waals surface area contributed by atoms with Gasteiger partial charge in [0.15, 0.2) is 11.6 Å². The molecule has 92 valence electrons. The number of fused-ring (bicyclic) bond motifs is 1. The quantitative estimate of drug-likeness (QED) is 0.756. The van der Waals surface area contributed by atoms with Crippen LogP contribution in [0.15, 0.2) is 17.2 Å². The maximum Gasteiger partial charge on any atom is 0.208 e. The molecule has 0 saturated carbocycles. The molecule has 2 N–H and O–H groups in total. The summed E-state index contributed by atoms with van der Waals surface area (Å²) in [5, 5.41) is 19.1. The molecular weight excluding hydrogens is 260 g/mol. The summed E-state index contributed by atoms with van der Waals surface area (Å²) in [5.74, 6) is -3.27. The van der Waals surface area contributed by atoms with E-state index in [1.807, 2.05) is 0 Å². The smallest absolute Gasteiger partial charge is 0.208 e. The normalized spacial score (nSPS) is 14.2. The molecular formula is C12H7ClO5. The number of Topliss-reactive ketones (excluding diaryl/α,β-unsaturated/α-hetero) is 2. The first-order chi connectivity index (χ1) is 8.34. The van der Waals surface area contributed by atoms with Gasteiger partial charge in [-0.25, -0.2) is 0 Å². The third kappa shape index (κ3) is 1.60. The van der Waals surface area contributed by atoms with Crippen LogP contribution in [0.25, 0.3) is 0 Å². The molecule has 2 rings (SSSR count). The molecule has 1 aliphatic carbocycles. The van der Waals surface area contributed by atoms with Crippen molar-refractivity contribution in [3.8, 4) is 11.5 Å². The van der Waals surface area contributed by atoms with Crippen molar-refractivity contribution in [2.75, 3.05) is 0 Å². The van der Waals surface area contributed by atoms with Gasteiger partial charge in [0.25, 0.3) is 0 Å². The van der Waals surface area contributed by atoms with Gasteiger partial charge in [0.1, 0.15) is 17.1 Å². The first-order valence-electron chi connectivity index (χ1n) is 4.90. The van der Waals surface area contributed by atoms with Gasteiger partial charge >= 0.3 is 0 Å². The molecule has 0 saturated heterocycles. The molecule has 1 aliphatic rings. The van der Waals surface area contributed by atoms with Gasteiger partial charge in [-0.1, -0.05) is 11.6 Å². The van der Waals surface area contributed by atoms with Crippen LogP contribution in [-0.4, -0.2) is 27.6 Å². The molecule has 1 aromatic carbocycles. The third-order valence-corrected chi connectivity index (χ3v) is 2.88. The fraction of sp³-hybridized carbons (Fsp3) is 0.0833. The molecule has 0 bridgehead atoms. The number of halogens is 1. The Morgan fingerprint density at radius 1 is 1.28 bits per heavy atom. The molecule has 18 heavy (non-hydrogen) atoms. The second-order valence-corrected chi connectivity index (χ2v) is 4.19. The molecule has 0 fully saturated rings. The van der Waals surface area contributed by atoms with Crippen LogP contribution in [0, 0.1) is 0 Å². The highest BCUT2D eigenvalue weighted by molar-refractivity contribution is 6.49. The zero-order valence-electron chi connectivity index (χ0n) is 9.15. The van der Waals surface area contributed by atoms with Crippen LogP contribution < -0.4 is 0 Å². The molecule has 1 aromatic rings. The highest BCUT2D eigenvalue weighted by Crippen LogP contribution is 2.38. The lowest BCUT2D eigenvalue weighted by Gasteiger charge is -2.15. The Hall–Kier alpha value is -2.14. The second-order valence-electron chi connectivity index (χ2n) is 3.78. The van der Waals surface area contributed by atoms with Gasteiger partial charge in [0.05, 0.1) is 10.6 Å². The summed E-state index contributed by atoms with van der Waals surface area (Å²) in [6.45, 7) is 1.12. The number of rotatable bonds is 1. The zero-order valence-corrected chi connectivity index (χ0v) is 9.91. The van der Waals surface area contributed by atoms with Crippen molar-refractivity contribution < 1.29 is 24.6 Å². The molecule has 0 aromatic heterocycles. The van der Waals surface area contributed by atoms with Crippen molar-refractivity contribution in [2.45, 2.75) is 6.92 Å². The summed E-state index contributed by atoms with van der Waals surface area (Å²) in [4.78, 5) is 34.6. The Bertz CT molecular complexity index is 642. The van der Waals surface area contributed by atoms with Crippen LogP contribution >= 0.6 is 11.6 Å². The van der Waals surface area contributed by atoms with Gasteiger partial charge in [-0.2, -0.15) is 0 Å². The monoisotopic (exact) mass is 266 g/mol. The predicted octanol–water partition coefficient (Wildman–Crippen LogP) is 1.80. The molecule has 6 heteroatoms. The van der Waals surface area contributed by atoms with Crippen molar-refractivity contribution in [3.63, 3.8) is 0 Å². The first kappa shape index (κ1) is 12.3. The lowest BCUT2D eigenvalue weighted by atomic mass is 9.90. The fourth-order valence-corrected chi connectivity index (χ4v) is 2.00. The van der Waals surface area contributed by atoms with Crippen LogP contribution in [0.2, 0.25) is 0 Å². The Morgan fingerprint density at radius 2 is 1.89 bits per heavy atom. The van der Waals surface area contributed by atoms with Crippen molar-refractivity contribution in [2.24, 2.45) is 0 Å². The first-order valence-corrected chi connectivity index (χ1v) is 5.28. The van der Waals surface area contributed by atoms with Crippen LogP contribution in [0.3, 0.4) is 0 Å². The summed E-state index contributed by atoms with van der Waals surface area (Å²) in [6, 6.07) is 0.978. The molecule has 0 unspecified atom stereocenters. The number of allylic oxidation sites excluding steroid dienone is 2. The standard InChI is InChI=1S/C12H7ClO5/c1-4(14)9-8(16)2-5-7(15)3-6(13)11(17)10(5)12(9)18/h2-3,16,18H,1H3. The van der Waals surface area contributed by atoms with Crippen LogP contribution in [0.4, 0.5) is 0 Å². The van der Waals surface area contributed by atoms with Gasteiger partial charge in [-0.15, -0.1) is 0 Å². The number of carbonyl (C=O) groups excluding carboxylic acids is 3. The summed E-state index contributed by atoms with van der Waals surface area (Å²) in [6.07, 6.45) is 0.901. The highest BCUT2D eigenvalue weighted by Gasteiger charge is 2.31. The van der Waals surface area contributed by atoms with E-state index in [0.29, 0.717) is 0 Å². The maximum absolute atomic E-state index is 11.8. The minimum Gasteiger partial charge on any atom is -0.507 e. The van der Waals surface area contributed by atoms with Gasteiger partial charge in [-0.05, 0) is 13.0 Å². The van der Waals surface area contributed by atoms with Crippen LogP contribution in [0.5, 0.6) is 11.5 Å². The van der Waals surface area contributed by atoms with E-state index >= 15 is 0 Å². The SMILES string of the molecule is CC(=O)c1c(O)cc2c(c1O)C(=O)C(Cl)=CC2=O. The number of aromatic hydroxyl groups is 2. The average Bonchev–Trinajstić information content (AvgIpc) is 2.25. The topological polar surface area (TPSA) is 91.7 Å². The summed E-state index contributed by atoms with van der Waals surface area (Å²) < 4.78 is 0. The number of phenolic OH excluding ortho intramolecular Hbond substituents is 2. The number of carbonyl (C=O) groups is 3. The van der Waals surface area contributed by atoms with E-state index in [4.69, 9.17) is 11.6 Å². The Kier molecular flexibility index (Phi) is 2.71. The third-order valence-electron chi connectivity index (χ3n) is 2.60. The van der Waals surface area contributed by atoms with Crippen LogP contribution in [-0.2, 0) is 0 Å². The summed E-state index contributed by atoms with van der Waals surface area (Å²) in [5.41, 5.74) is -0.929. The van der Waals surface area contributed by atoms with Gasteiger partial charge in [0, 0.05) is 11.6 Å².